The number of aryl methyl sites for hydroxylation is 1. The van der Waals surface area contributed by atoms with Gasteiger partial charge in [0.05, 0.1) is 11.4 Å². The monoisotopic (exact) mass is 494 g/mol. The molecule has 5 heteroatoms. The van der Waals surface area contributed by atoms with Crippen LogP contribution in [0.5, 0.6) is 0 Å². The molecule has 0 saturated carbocycles. The van der Waals surface area contributed by atoms with Crippen molar-refractivity contribution in [3.8, 4) is 11.4 Å². The van der Waals surface area contributed by atoms with Crippen LogP contribution in [0, 0.1) is 6.92 Å². The van der Waals surface area contributed by atoms with Crippen molar-refractivity contribution >= 4 is 70.5 Å². The third-order valence-corrected chi connectivity index (χ3v) is 7.93. The predicted octanol–water partition coefficient (Wildman–Crippen LogP) is 9.15. The van der Waals surface area contributed by atoms with Crippen molar-refractivity contribution in [2.75, 3.05) is 0 Å². The Bertz CT molecular complexity index is 1470. The Kier molecular flexibility index (Phi) is 7.05. The molecular formula is C29H22N2S3. The van der Waals surface area contributed by atoms with Crippen LogP contribution in [0.4, 0.5) is 0 Å². The topological polar surface area (TPSA) is 25.8 Å². The van der Waals surface area contributed by atoms with Crippen molar-refractivity contribution < 1.29 is 0 Å². The van der Waals surface area contributed by atoms with Gasteiger partial charge in [-0.2, -0.15) is 0 Å². The van der Waals surface area contributed by atoms with E-state index in [1.807, 2.05) is 24.5 Å². The minimum atomic E-state index is 0.890. The summed E-state index contributed by atoms with van der Waals surface area (Å²) in [6, 6.07) is 21.0. The summed E-state index contributed by atoms with van der Waals surface area (Å²) in [6.07, 6.45) is 16.7. The Hall–Kier alpha value is -3.38. The van der Waals surface area contributed by atoms with Crippen molar-refractivity contribution in [1.29, 1.82) is 0 Å². The summed E-state index contributed by atoms with van der Waals surface area (Å²) in [6.45, 7) is 2.07. The lowest BCUT2D eigenvalue weighted by Crippen LogP contribution is -1.88. The molecule has 0 radical (unpaired) electrons. The Balaban J connectivity index is 1.23. The van der Waals surface area contributed by atoms with Crippen LogP contribution in [0.15, 0.2) is 78.4 Å². The predicted molar refractivity (Wildman–Crippen MR) is 152 cm³/mol. The van der Waals surface area contributed by atoms with E-state index < -0.39 is 0 Å². The van der Waals surface area contributed by atoms with Gasteiger partial charge < -0.3 is 0 Å². The molecule has 0 atom stereocenters. The molecule has 0 aliphatic carbocycles. The highest BCUT2D eigenvalue weighted by molar-refractivity contribution is 7.14. The summed E-state index contributed by atoms with van der Waals surface area (Å²) in [5.41, 5.74) is 4.08. The van der Waals surface area contributed by atoms with E-state index in [0.717, 1.165) is 17.0 Å². The number of pyridine rings is 2. The van der Waals surface area contributed by atoms with Crippen LogP contribution in [-0.4, -0.2) is 9.97 Å². The molecule has 166 valence electrons. The van der Waals surface area contributed by atoms with E-state index in [1.165, 1.54) is 29.9 Å². The van der Waals surface area contributed by atoms with E-state index in [4.69, 9.17) is 0 Å². The first-order chi connectivity index (χ1) is 16.7. The highest BCUT2D eigenvalue weighted by Gasteiger charge is 2.02. The minimum Gasteiger partial charge on any atom is -0.255 e. The maximum atomic E-state index is 4.48. The number of aromatic nitrogens is 2. The quantitative estimate of drug-likeness (QED) is 0.225. The van der Waals surface area contributed by atoms with E-state index in [0.29, 0.717) is 0 Å². The van der Waals surface area contributed by atoms with Crippen molar-refractivity contribution in [3.05, 3.63) is 114 Å². The molecule has 0 bridgehead atoms. The molecular weight excluding hydrogens is 473 g/mol. The molecule has 5 rings (SSSR count). The van der Waals surface area contributed by atoms with Gasteiger partial charge in [-0.15, -0.1) is 34.0 Å². The summed E-state index contributed by atoms with van der Waals surface area (Å²) in [5.74, 6) is 0. The van der Waals surface area contributed by atoms with Gasteiger partial charge in [0.25, 0.3) is 0 Å². The average Bonchev–Trinajstić information content (AvgIpc) is 3.63. The van der Waals surface area contributed by atoms with Gasteiger partial charge in [0, 0.05) is 36.8 Å². The fraction of sp³-hybridized carbons (Fsp3) is 0.0345. The molecule has 0 N–H and O–H groups in total. The number of rotatable bonds is 7. The Morgan fingerprint density at radius 1 is 0.588 bits per heavy atom. The number of nitrogens with zero attached hydrogens (tertiary/aromatic N) is 2. The van der Waals surface area contributed by atoms with Gasteiger partial charge in [0.15, 0.2) is 0 Å². The number of thiophene rings is 3. The standard InChI is InChI=1S/C29H22N2S3/c1-21-14-16-30-28(19-21)29-20-22(15-17-31-29)4-5-24-8-9-26(33-24)12-13-27-11-10-25(34-27)7-6-23-3-2-18-32-23/h2-20H,1H3/b5-4+,7-6+,13-12+. The zero-order valence-electron chi connectivity index (χ0n) is 18.6. The van der Waals surface area contributed by atoms with Gasteiger partial charge in [-0.25, -0.2) is 0 Å². The van der Waals surface area contributed by atoms with Gasteiger partial charge in [-0.05, 0) is 108 Å². The largest absolute Gasteiger partial charge is 0.255 e. The third kappa shape index (κ3) is 5.94. The van der Waals surface area contributed by atoms with Crippen molar-refractivity contribution in [1.82, 2.24) is 9.97 Å². The molecule has 0 amide bonds. The summed E-state index contributed by atoms with van der Waals surface area (Å²) >= 11 is 5.33. The maximum Gasteiger partial charge on any atom is 0.0892 e. The first kappa shape index (κ1) is 22.4. The molecule has 0 fully saturated rings. The molecule has 5 aromatic heterocycles. The molecule has 0 aromatic carbocycles. The molecule has 5 heterocycles. The highest BCUT2D eigenvalue weighted by atomic mass is 32.1. The smallest absolute Gasteiger partial charge is 0.0892 e. The van der Waals surface area contributed by atoms with Gasteiger partial charge >= 0.3 is 0 Å². The number of hydrogen-bond donors (Lipinski definition) is 0. The van der Waals surface area contributed by atoms with Crippen molar-refractivity contribution in [2.45, 2.75) is 6.92 Å². The molecule has 5 aromatic rings. The minimum absolute atomic E-state index is 0.890. The first-order valence-electron chi connectivity index (χ1n) is 10.9. The Morgan fingerprint density at radius 2 is 1.15 bits per heavy atom. The van der Waals surface area contributed by atoms with Crippen molar-refractivity contribution in [3.63, 3.8) is 0 Å². The van der Waals surface area contributed by atoms with Crippen molar-refractivity contribution in [2.24, 2.45) is 0 Å². The summed E-state index contributed by atoms with van der Waals surface area (Å²) in [4.78, 5) is 15.2. The Morgan fingerprint density at radius 3 is 1.74 bits per heavy atom. The van der Waals surface area contributed by atoms with E-state index in [2.05, 4.69) is 107 Å². The molecule has 0 aliphatic heterocycles. The highest BCUT2D eigenvalue weighted by Crippen LogP contribution is 2.25. The SMILES string of the molecule is Cc1ccnc(-c2cc(/C=C/c3ccc(/C=C/c4ccc(/C=C/c5cccs5)s4)s3)ccn2)c1. The van der Waals surface area contributed by atoms with Gasteiger partial charge in [0.2, 0.25) is 0 Å². The van der Waals surface area contributed by atoms with Crippen LogP contribution in [0.25, 0.3) is 47.8 Å². The second-order valence-electron chi connectivity index (χ2n) is 7.69. The van der Waals surface area contributed by atoms with Crippen LogP contribution in [-0.2, 0) is 0 Å². The second kappa shape index (κ2) is 10.7. The molecule has 2 nitrogen and oxygen atoms in total. The first-order valence-corrected chi connectivity index (χ1v) is 13.4. The summed E-state index contributed by atoms with van der Waals surface area (Å²) in [7, 11) is 0. The van der Waals surface area contributed by atoms with E-state index in [9.17, 15) is 0 Å². The number of hydrogen-bond acceptors (Lipinski definition) is 5. The maximum absolute atomic E-state index is 4.48. The molecule has 0 unspecified atom stereocenters. The van der Waals surface area contributed by atoms with E-state index >= 15 is 0 Å². The Labute approximate surface area is 212 Å². The van der Waals surface area contributed by atoms with Crippen LogP contribution in [0.1, 0.15) is 35.5 Å². The fourth-order valence-electron chi connectivity index (χ4n) is 3.35. The van der Waals surface area contributed by atoms with Gasteiger partial charge in [-0.3, -0.25) is 9.97 Å². The second-order valence-corrected chi connectivity index (χ2v) is 11.0. The van der Waals surface area contributed by atoms with E-state index in [1.54, 1.807) is 34.0 Å². The normalized spacial score (nSPS) is 11.9. The van der Waals surface area contributed by atoms with Crippen LogP contribution in [0.3, 0.4) is 0 Å². The van der Waals surface area contributed by atoms with Gasteiger partial charge in [-0.1, -0.05) is 12.1 Å². The molecule has 34 heavy (non-hydrogen) atoms. The van der Waals surface area contributed by atoms with Crippen LogP contribution in [0.2, 0.25) is 0 Å². The van der Waals surface area contributed by atoms with E-state index in [-0.39, 0.29) is 0 Å². The molecule has 0 aliphatic rings. The lowest BCUT2D eigenvalue weighted by atomic mass is 10.1. The zero-order valence-corrected chi connectivity index (χ0v) is 21.0. The zero-order chi connectivity index (χ0) is 23.2. The van der Waals surface area contributed by atoms with Crippen LogP contribution < -0.4 is 0 Å². The van der Waals surface area contributed by atoms with Crippen LogP contribution >= 0.6 is 34.0 Å². The molecule has 0 spiro atoms. The molecule has 0 saturated heterocycles. The summed E-state index contributed by atoms with van der Waals surface area (Å²) in [5, 5.41) is 2.10. The third-order valence-electron chi connectivity index (χ3n) is 5.06. The average molecular weight is 495 g/mol. The van der Waals surface area contributed by atoms with Gasteiger partial charge in [0.1, 0.15) is 0 Å². The lowest BCUT2D eigenvalue weighted by Gasteiger charge is -2.02. The lowest BCUT2D eigenvalue weighted by molar-refractivity contribution is 1.23. The fourth-order valence-corrected chi connectivity index (χ4v) is 5.61. The summed E-state index contributed by atoms with van der Waals surface area (Å²) < 4.78 is 0.